The van der Waals surface area contributed by atoms with Crippen LogP contribution >= 0.6 is 12.6 Å². The van der Waals surface area contributed by atoms with Crippen LogP contribution in [0.25, 0.3) is 0 Å². The fourth-order valence-corrected chi connectivity index (χ4v) is 5.78. The molecular formula is C39H57N9O9S. The van der Waals surface area contributed by atoms with Crippen molar-refractivity contribution in [3.63, 3.8) is 0 Å². The molecule has 0 aromatic heterocycles. The number of hydrogen-bond acceptors (Lipinski definition) is 11. The van der Waals surface area contributed by atoms with Crippen molar-refractivity contribution < 1.29 is 43.5 Å². The summed E-state index contributed by atoms with van der Waals surface area (Å²) in [5.41, 5.74) is 17.8. The van der Waals surface area contributed by atoms with Gasteiger partial charge in [-0.3, -0.25) is 38.4 Å². The molecular weight excluding hydrogens is 771 g/mol. The van der Waals surface area contributed by atoms with E-state index < -0.39 is 90.6 Å². The van der Waals surface area contributed by atoms with Crippen molar-refractivity contribution in [3.8, 4) is 0 Å². The van der Waals surface area contributed by atoms with E-state index in [0.29, 0.717) is 17.7 Å². The third-order valence-electron chi connectivity index (χ3n) is 8.87. The Hall–Kier alpha value is -5.53. The molecule has 0 fully saturated rings. The van der Waals surface area contributed by atoms with E-state index in [2.05, 4.69) is 39.2 Å². The molecule has 0 aliphatic heterocycles. The van der Waals surface area contributed by atoms with Gasteiger partial charge in [-0.15, -0.1) is 0 Å². The Morgan fingerprint density at radius 3 is 1.91 bits per heavy atom. The van der Waals surface area contributed by atoms with Crippen molar-refractivity contribution >= 4 is 65.6 Å². The van der Waals surface area contributed by atoms with Gasteiger partial charge in [-0.05, 0) is 54.5 Å². The Morgan fingerprint density at radius 1 is 0.759 bits per heavy atom. The largest absolute Gasteiger partial charge is 0.394 e. The van der Waals surface area contributed by atoms with Gasteiger partial charge >= 0.3 is 0 Å². The van der Waals surface area contributed by atoms with E-state index in [1.807, 2.05) is 13.8 Å². The van der Waals surface area contributed by atoms with Crippen molar-refractivity contribution in [1.82, 2.24) is 26.6 Å². The summed E-state index contributed by atoms with van der Waals surface area (Å²) in [7, 11) is 0. The average Bonchev–Trinajstić information content (AvgIpc) is 3.18. The van der Waals surface area contributed by atoms with Crippen molar-refractivity contribution in [2.24, 2.45) is 29.0 Å². The number of aliphatic hydroxyl groups is 1. The number of amides is 8. The third-order valence-corrected chi connectivity index (χ3v) is 9.07. The molecule has 0 spiro atoms. The normalized spacial score (nSPS) is 13.6. The molecule has 0 saturated heterocycles. The molecule has 318 valence electrons. The third kappa shape index (κ3) is 16.1. The van der Waals surface area contributed by atoms with Gasteiger partial charge in [-0.2, -0.15) is 12.6 Å². The molecule has 0 unspecified atom stereocenters. The van der Waals surface area contributed by atoms with Crippen LogP contribution in [0.15, 0.2) is 54.6 Å². The predicted molar refractivity (Wildman–Crippen MR) is 220 cm³/mol. The molecule has 8 amide bonds. The summed E-state index contributed by atoms with van der Waals surface area (Å²) >= 11 is 4.32. The topological polar surface area (TPSA) is 298 Å². The van der Waals surface area contributed by atoms with Gasteiger partial charge in [-0.25, -0.2) is 0 Å². The van der Waals surface area contributed by atoms with E-state index in [1.54, 1.807) is 44.2 Å². The first-order chi connectivity index (χ1) is 27.4. The second-order valence-corrected chi connectivity index (χ2v) is 14.9. The first-order valence-electron chi connectivity index (χ1n) is 18.9. The molecule has 18 nitrogen and oxygen atoms in total. The smallest absolute Gasteiger partial charge is 0.251 e. The quantitative estimate of drug-likeness (QED) is 0.0554. The van der Waals surface area contributed by atoms with Crippen LogP contribution in [0.2, 0.25) is 0 Å². The van der Waals surface area contributed by atoms with Crippen molar-refractivity contribution in [3.05, 3.63) is 65.7 Å². The molecule has 2 aromatic carbocycles. The average molecular weight is 828 g/mol. The van der Waals surface area contributed by atoms with E-state index in [4.69, 9.17) is 17.2 Å². The van der Waals surface area contributed by atoms with Crippen molar-refractivity contribution in [2.75, 3.05) is 30.3 Å². The first-order valence-corrected chi connectivity index (χ1v) is 19.5. The zero-order chi connectivity index (χ0) is 43.5. The summed E-state index contributed by atoms with van der Waals surface area (Å²) in [4.78, 5) is 104. The predicted octanol–water partition coefficient (Wildman–Crippen LogP) is -1.37. The lowest BCUT2D eigenvalue weighted by Crippen LogP contribution is -2.58. The molecule has 0 heterocycles. The number of nitrogens with one attached hydrogen (secondary N) is 5. The summed E-state index contributed by atoms with van der Waals surface area (Å²) in [6, 6.07) is 8.98. The summed E-state index contributed by atoms with van der Waals surface area (Å²) in [5.74, 6) is -5.69. The molecule has 0 radical (unpaired) electrons. The van der Waals surface area contributed by atoms with Gasteiger partial charge in [0.2, 0.25) is 41.4 Å². The standard InChI is InChI=1S/C39H57N9O9S/c1-22(2)18-28(34(42)52)46-35(53)25-10-12-26(13-11-25)48(16-17-58)39(57)29(19-24-8-6-5-7-9-24)47-37(55)30(21-49)44-32(51)20-43-36(54)27(14-15-31(40)50)45-38(56)33(41)23(3)4/h5-13,22-23,27-30,33,49,58H,14-21,41H2,1-4H3,(H2,40,50)(H2,42,52)(H,43,54)(H,44,51)(H,45,56)(H,46,53)(H,47,55)/t27-,28-,29-,30-,33-/m0/s1. The van der Waals surface area contributed by atoms with Crippen LogP contribution < -0.4 is 48.7 Å². The Balaban J connectivity index is 2.24. The fourth-order valence-electron chi connectivity index (χ4n) is 5.58. The number of benzene rings is 2. The second-order valence-electron chi connectivity index (χ2n) is 14.4. The Labute approximate surface area is 343 Å². The Bertz CT molecular complexity index is 1730. The molecule has 0 bridgehead atoms. The Morgan fingerprint density at radius 2 is 1.38 bits per heavy atom. The molecule has 2 rings (SSSR count). The number of rotatable bonds is 24. The highest BCUT2D eigenvalue weighted by molar-refractivity contribution is 7.80. The molecule has 0 aliphatic rings. The van der Waals surface area contributed by atoms with Crippen LogP contribution in [0.1, 0.15) is 62.9 Å². The molecule has 0 saturated carbocycles. The molecule has 19 heteroatoms. The van der Waals surface area contributed by atoms with Crippen LogP contribution in [0.4, 0.5) is 5.69 Å². The van der Waals surface area contributed by atoms with E-state index >= 15 is 0 Å². The summed E-state index contributed by atoms with van der Waals surface area (Å²) in [6.07, 6.45) is -0.0506. The van der Waals surface area contributed by atoms with Crippen molar-refractivity contribution in [2.45, 2.75) is 83.6 Å². The minimum atomic E-state index is -1.55. The number of hydrogen-bond donors (Lipinski definition) is 10. The summed E-state index contributed by atoms with van der Waals surface area (Å²) < 4.78 is 0. The number of anilines is 1. The number of nitrogens with two attached hydrogens (primary N) is 3. The molecule has 5 atom stereocenters. The Kier molecular flexibility index (Phi) is 20.4. The van der Waals surface area contributed by atoms with E-state index in [9.17, 15) is 43.5 Å². The number of aliphatic hydroxyl groups excluding tert-OH is 1. The van der Waals surface area contributed by atoms with Gasteiger partial charge in [-0.1, -0.05) is 58.0 Å². The summed E-state index contributed by atoms with van der Waals surface area (Å²) in [6.45, 7) is 5.74. The maximum atomic E-state index is 14.2. The number of thiol groups is 1. The highest BCUT2D eigenvalue weighted by atomic mass is 32.1. The van der Waals surface area contributed by atoms with E-state index in [1.165, 1.54) is 29.2 Å². The van der Waals surface area contributed by atoms with Gasteiger partial charge < -0.3 is 53.8 Å². The molecule has 2 aromatic rings. The van der Waals surface area contributed by atoms with Crippen LogP contribution in [0.5, 0.6) is 0 Å². The van der Waals surface area contributed by atoms with E-state index in [-0.39, 0.29) is 49.0 Å². The zero-order valence-corrected chi connectivity index (χ0v) is 34.1. The maximum Gasteiger partial charge on any atom is 0.251 e. The minimum absolute atomic E-state index is 0.0142. The number of primary amides is 2. The lowest BCUT2D eigenvalue weighted by molar-refractivity contribution is -0.133. The first kappa shape index (κ1) is 48.6. The number of carbonyl (C=O) groups excluding carboxylic acids is 8. The van der Waals surface area contributed by atoms with Crippen LogP contribution in [-0.2, 0) is 40.0 Å². The SMILES string of the molecule is CC(C)C[C@H](NC(=O)c1ccc(N(CCS)C(=O)[C@H](Cc2ccccc2)NC(=O)[C@H](CO)NC(=O)CNC(=O)[C@H](CCC(N)=O)NC(=O)[C@@H](N)C(C)C)cc1)C(N)=O. The minimum Gasteiger partial charge on any atom is -0.394 e. The van der Waals surface area contributed by atoms with Gasteiger partial charge in [0.25, 0.3) is 5.91 Å². The van der Waals surface area contributed by atoms with Crippen LogP contribution in [0.3, 0.4) is 0 Å². The van der Waals surface area contributed by atoms with Gasteiger partial charge in [0.05, 0.1) is 19.2 Å². The lowest BCUT2D eigenvalue weighted by Gasteiger charge is -2.29. The fraction of sp³-hybridized carbons (Fsp3) is 0.487. The summed E-state index contributed by atoms with van der Waals surface area (Å²) in [5, 5.41) is 22.5. The number of carbonyl (C=O) groups is 8. The monoisotopic (exact) mass is 827 g/mol. The van der Waals surface area contributed by atoms with Gasteiger partial charge in [0, 0.05) is 36.4 Å². The lowest BCUT2D eigenvalue weighted by atomic mass is 10.0. The van der Waals surface area contributed by atoms with Crippen LogP contribution in [0, 0.1) is 11.8 Å². The van der Waals surface area contributed by atoms with Crippen LogP contribution in [-0.4, -0.2) is 108 Å². The van der Waals surface area contributed by atoms with Crippen molar-refractivity contribution in [1.29, 1.82) is 0 Å². The highest BCUT2D eigenvalue weighted by Gasteiger charge is 2.31. The van der Waals surface area contributed by atoms with Gasteiger partial charge in [0.15, 0.2) is 0 Å². The van der Waals surface area contributed by atoms with Gasteiger partial charge in [0.1, 0.15) is 24.2 Å². The van der Waals surface area contributed by atoms with E-state index in [0.717, 1.165) is 0 Å². The molecule has 58 heavy (non-hydrogen) atoms. The number of nitrogens with zero attached hydrogens (tertiary/aromatic N) is 1. The molecule has 12 N–H and O–H groups in total. The maximum absolute atomic E-state index is 14.2. The second kappa shape index (κ2) is 24.3. The zero-order valence-electron chi connectivity index (χ0n) is 33.2. The molecule has 0 aliphatic carbocycles. The highest BCUT2D eigenvalue weighted by Crippen LogP contribution is 2.19.